The molecule has 3 nitrogen and oxygen atoms in total. The lowest BCUT2D eigenvalue weighted by atomic mass is 10.0. The Kier molecular flexibility index (Phi) is 6.35. The van der Waals surface area contributed by atoms with Gasteiger partial charge in [-0.2, -0.15) is 0 Å². The quantitative estimate of drug-likeness (QED) is 0.546. The monoisotopic (exact) mass is 411 g/mol. The van der Waals surface area contributed by atoms with Crippen LogP contribution in [0.3, 0.4) is 0 Å². The van der Waals surface area contributed by atoms with Crippen LogP contribution in [0.15, 0.2) is 77.7 Å². The maximum absolute atomic E-state index is 12.7. The molecular weight excluding hydrogens is 390 g/mol. The highest BCUT2D eigenvalue weighted by Gasteiger charge is 2.14. The van der Waals surface area contributed by atoms with E-state index in [9.17, 15) is 8.42 Å². The van der Waals surface area contributed by atoms with Crippen molar-refractivity contribution in [2.24, 2.45) is 0 Å². The second kappa shape index (κ2) is 8.74. The van der Waals surface area contributed by atoms with Crippen molar-refractivity contribution >= 4 is 33.3 Å². The lowest BCUT2D eigenvalue weighted by molar-refractivity contribution is 0.586. The molecule has 0 fully saturated rings. The van der Waals surface area contributed by atoms with E-state index in [1.54, 1.807) is 24.3 Å². The summed E-state index contributed by atoms with van der Waals surface area (Å²) < 4.78 is 28.1. The average Bonchev–Trinajstić information content (AvgIpc) is 2.68. The van der Waals surface area contributed by atoms with Crippen molar-refractivity contribution in [3.05, 3.63) is 100 Å². The first-order valence-corrected chi connectivity index (χ1v) is 10.8. The van der Waals surface area contributed by atoms with Gasteiger partial charge in [0.05, 0.1) is 4.90 Å². The number of halogens is 1. The van der Waals surface area contributed by atoms with Crippen LogP contribution in [0.25, 0.3) is 11.6 Å². The van der Waals surface area contributed by atoms with Crippen LogP contribution in [-0.2, 0) is 10.0 Å². The van der Waals surface area contributed by atoms with E-state index >= 15 is 0 Å². The standard InChI is InChI=1S/C23H22ClNO2S/c1-17-3-9-20(10-4-17)21(15-19-7-11-22(24)12-8-19)16-25-28(26,27)23-13-5-18(2)6-14-23/h3-15,25H,16H2,1-2H3/b21-15-. The molecule has 0 saturated heterocycles. The molecule has 0 aliphatic heterocycles. The average molecular weight is 412 g/mol. The third-order valence-corrected chi connectivity index (χ3v) is 6.09. The van der Waals surface area contributed by atoms with Crippen LogP contribution in [0, 0.1) is 13.8 Å². The van der Waals surface area contributed by atoms with Crippen molar-refractivity contribution < 1.29 is 8.42 Å². The largest absolute Gasteiger partial charge is 0.240 e. The Bertz CT molecular complexity index is 1070. The minimum absolute atomic E-state index is 0.182. The number of sulfonamides is 1. The molecule has 3 rings (SSSR count). The molecule has 3 aromatic rings. The van der Waals surface area contributed by atoms with E-state index in [0.717, 1.165) is 27.8 Å². The van der Waals surface area contributed by atoms with Crippen LogP contribution in [-0.4, -0.2) is 15.0 Å². The SMILES string of the molecule is Cc1ccc(/C(=C\c2ccc(Cl)cc2)CNS(=O)(=O)c2ccc(C)cc2)cc1. The highest BCUT2D eigenvalue weighted by molar-refractivity contribution is 7.89. The zero-order valence-corrected chi connectivity index (χ0v) is 17.4. The lowest BCUT2D eigenvalue weighted by Gasteiger charge is -2.12. The summed E-state index contributed by atoms with van der Waals surface area (Å²) in [6, 6.07) is 22.3. The van der Waals surface area contributed by atoms with E-state index in [1.807, 2.05) is 68.5 Å². The van der Waals surface area contributed by atoms with E-state index in [-0.39, 0.29) is 11.4 Å². The molecule has 0 spiro atoms. The molecule has 1 N–H and O–H groups in total. The van der Waals surface area contributed by atoms with Gasteiger partial charge in [0.1, 0.15) is 0 Å². The Morgan fingerprint density at radius 3 is 1.96 bits per heavy atom. The number of benzene rings is 3. The smallest absolute Gasteiger partial charge is 0.207 e. The van der Waals surface area contributed by atoms with Gasteiger partial charge in [0.15, 0.2) is 0 Å². The van der Waals surface area contributed by atoms with Gasteiger partial charge in [0, 0.05) is 11.6 Å². The summed E-state index contributed by atoms with van der Waals surface area (Å²) in [5.41, 5.74) is 4.96. The van der Waals surface area contributed by atoms with Crippen LogP contribution < -0.4 is 4.72 Å². The van der Waals surface area contributed by atoms with Gasteiger partial charge in [-0.05, 0) is 60.9 Å². The third kappa shape index (κ3) is 5.32. The highest BCUT2D eigenvalue weighted by Crippen LogP contribution is 2.21. The fourth-order valence-electron chi connectivity index (χ4n) is 2.74. The van der Waals surface area contributed by atoms with Crippen LogP contribution in [0.4, 0.5) is 0 Å². The zero-order chi connectivity index (χ0) is 20.1. The predicted octanol–water partition coefficient (Wildman–Crippen LogP) is 5.48. The summed E-state index contributed by atoms with van der Waals surface area (Å²) in [6.45, 7) is 4.13. The van der Waals surface area contributed by atoms with Gasteiger partial charge in [-0.3, -0.25) is 0 Å². The molecule has 0 saturated carbocycles. The first-order valence-electron chi connectivity index (χ1n) is 8.93. The van der Waals surface area contributed by atoms with Crippen molar-refractivity contribution in [2.75, 3.05) is 6.54 Å². The summed E-state index contributed by atoms with van der Waals surface area (Å²) in [4.78, 5) is 0.257. The van der Waals surface area contributed by atoms with Gasteiger partial charge in [0.25, 0.3) is 0 Å². The Morgan fingerprint density at radius 1 is 0.857 bits per heavy atom. The first-order chi connectivity index (χ1) is 13.3. The Hall–Kier alpha value is -2.40. The molecule has 5 heteroatoms. The van der Waals surface area contributed by atoms with Gasteiger partial charge < -0.3 is 0 Å². The molecule has 0 bridgehead atoms. The summed E-state index contributed by atoms with van der Waals surface area (Å²) in [7, 11) is -3.60. The molecule has 0 radical (unpaired) electrons. The summed E-state index contributed by atoms with van der Waals surface area (Å²) in [5.74, 6) is 0. The number of rotatable bonds is 6. The first kappa shape index (κ1) is 20.3. The number of aryl methyl sites for hydroxylation is 2. The van der Waals surface area contributed by atoms with Gasteiger partial charge in [-0.1, -0.05) is 71.3 Å². The molecule has 0 unspecified atom stereocenters. The molecule has 3 aromatic carbocycles. The molecule has 0 atom stereocenters. The highest BCUT2D eigenvalue weighted by atomic mass is 35.5. The molecule has 0 aliphatic carbocycles. The molecule has 144 valence electrons. The van der Waals surface area contributed by atoms with Gasteiger partial charge in [-0.25, -0.2) is 13.1 Å². The summed E-state index contributed by atoms with van der Waals surface area (Å²) in [5, 5.41) is 0.661. The van der Waals surface area contributed by atoms with Gasteiger partial charge in [0.2, 0.25) is 10.0 Å². The molecule has 0 amide bonds. The molecular formula is C23H22ClNO2S. The lowest BCUT2D eigenvalue weighted by Crippen LogP contribution is -2.25. The normalized spacial score (nSPS) is 12.2. The topological polar surface area (TPSA) is 46.2 Å². The summed E-state index contributed by atoms with van der Waals surface area (Å²) >= 11 is 5.97. The Labute approximate surface area is 171 Å². The Balaban J connectivity index is 1.89. The Morgan fingerprint density at radius 2 is 1.39 bits per heavy atom. The van der Waals surface area contributed by atoms with Gasteiger partial charge in [-0.15, -0.1) is 0 Å². The third-order valence-electron chi connectivity index (χ3n) is 4.42. The molecule has 0 aliphatic rings. The number of hydrogen-bond acceptors (Lipinski definition) is 2. The van der Waals surface area contributed by atoms with Crippen molar-refractivity contribution in [1.29, 1.82) is 0 Å². The maximum atomic E-state index is 12.7. The van der Waals surface area contributed by atoms with E-state index < -0.39 is 10.0 Å². The van der Waals surface area contributed by atoms with Crippen molar-refractivity contribution in [3.8, 4) is 0 Å². The number of nitrogens with one attached hydrogen (secondary N) is 1. The fourth-order valence-corrected chi connectivity index (χ4v) is 3.87. The van der Waals surface area contributed by atoms with Crippen molar-refractivity contribution in [2.45, 2.75) is 18.7 Å². The van der Waals surface area contributed by atoms with Crippen LogP contribution in [0.2, 0.25) is 5.02 Å². The summed E-state index contributed by atoms with van der Waals surface area (Å²) in [6.07, 6.45) is 1.97. The molecule has 0 aromatic heterocycles. The van der Waals surface area contributed by atoms with E-state index in [0.29, 0.717) is 5.02 Å². The van der Waals surface area contributed by atoms with Crippen LogP contribution in [0.1, 0.15) is 22.3 Å². The van der Waals surface area contributed by atoms with Gasteiger partial charge >= 0.3 is 0 Å². The fraction of sp³-hybridized carbons (Fsp3) is 0.130. The van der Waals surface area contributed by atoms with E-state index in [1.165, 1.54) is 0 Å². The van der Waals surface area contributed by atoms with Crippen molar-refractivity contribution in [1.82, 2.24) is 4.72 Å². The number of hydrogen-bond donors (Lipinski definition) is 1. The van der Waals surface area contributed by atoms with Crippen LogP contribution in [0.5, 0.6) is 0 Å². The zero-order valence-electron chi connectivity index (χ0n) is 15.8. The van der Waals surface area contributed by atoms with Crippen LogP contribution >= 0.6 is 11.6 Å². The maximum Gasteiger partial charge on any atom is 0.240 e. The van der Waals surface area contributed by atoms with E-state index in [4.69, 9.17) is 11.6 Å². The predicted molar refractivity (Wildman–Crippen MR) is 117 cm³/mol. The minimum atomic E-state index is -3.60. The van der Waals surface area contributed by atoms with Crippen molar-refractivity contribution in [3.63, 3.8) is 0 Å². The second-order valence-corrected chi connectivity index (χ2v) is 8.93. The minimum Gasteiger partial charge on any atom is -0.207 e. The molecule has 28 heavy (non-hydrogen) atoms. The second-order valence-electron chi connectivity index (χ2n) is 6.72. The van der Waals surface area contributed by atoms with E-state index in [2.05, 4.69) is 4.72 Å². The molecule has 0 heterocycles.